The number of rotatable bonds is 3. The van der Waals surface area contributed by atoms with Crippen LogP contribution < -0.4 is 0 Å². The first-order valence-corrected chi connectivity index (χ1v) is 8.55. The van der Waals surface area contributed by atoms with Crippen LogP contribution in [0, 0.1) is 17.0 Å². The molecule has 1 aromatic rings. The zero-order valence-electron chi connectivity index (χ0n) is 12.4. The van der Waals surface area contributed by atoms with E-state index in [1.54, 1.807) is 13.8 Å². The molecule has 7 nitrogen and oxygen atoms in total. The molecular weight excluding hydrogens is 332 g/mol. The fraction of sp³-hybridized carbons (Fsp3) is 0.538. The van der Waals surface area contributed by atoms with Crippen molar-refractivity contribution in [2.24, 2.45) is 0 Å². The number of nitrogens with zero attached hydrogens (tertiary/aromatic N) is 2. The van der Waals surface area contributed by atoms with Crippen LogP contribution in [0.4, 0.5) is 5.69 Å². The van der Waals surface area contributed by atoms with Crippen molar-refractivity contribution < 1.29 is 18.1 Å². The fourth-order valence-electron chi connectivity index (χ4n) is 2.45. The molecule has 1 saturated heterocycles. The SMILES string of the molecule is Cc1c(Cl)cc(S(=O)(=O)N2C[C@H](C)O[C@@H](C)C2)cc1[N+](=O)[O-]. The van der Waals surface area contributed by atoms with Gasteiger partial charge in [0.05, 0.1) is 27.0 Å². The van der Waals surface area contributed by atoms with Gasteiger partial charge in [-0.25, -0.2) is 8.42 Å². The van der Waals surface area contributed by atoms with Gasteiger partial charge in [0.25, 0.3) is 5.69 Å². The van der Waals surface area contributed by atoms with Gasteiger partial charge in [-0.1, -0.05) is 11.6 Å². The summed E-state index contributed by atoms with van der Waals surface area (Å²) in [4.78, 5) is 10.2. The van der Waals surface area contributed by atoms with Gasteiger partial charge in [-0.2, -0.15) is 4.31 Å². The van der Waals surface area contributed by atoms with Crippen LogP contribution in [0.1, 0.15) is 19.4 Å². The van der Waals surface area contributed by atoms with Gasteiger partial charge < -0.3 is 4.74 Å². The van der Waals surface area contributed by atoms with Crippen LogP contribution in [0.2, 0.25) is 5.02 Å². The highest BCUT2D eigenvalue weighted by atomic mass is 35.5. The molecular formula is C13H17ClN2O5S. The summed E-state index contributed by atoms with van der Waals surface area (Å²) in [5.41, 5.74) is -0.0604. The van der Waals surface area contributed by atoms with Crippen LogP contribution in [0.25, 0.3) is 0 Å². The van der Waals surface area contributed by atoms with E-state index in [9.17, 15) is 18.5 Å². The van der Waals surface area contributed by atoms with E-state index in [1.807, 2.05) is 0 Å². The van der Waals surface area contributed by atoms with E-state index in [1.165, 1.54) is 17.3 Å². The quantitative estimate of drug-likeness (QED) is 0.617. The van der Waals surface area contributed by atoms with Crippen LogP contribution in [0.15, 0.2) is 17.0 Å². The van der Waals surface area contributed by atoms with Crippen molar-refractivity contribution in [2.45, 2.75) is 37.9 Å². The van der Waals surface area contributed by atoms with Gasteiger partial charge >= 0.3 is 0 Å². The van der Waals surface area contributed by atoms with Gasteiger partial charge in [-0.05, 0) is 26.8 Å². The summed E-state index contributed by atoms with van der Waals surface area (Å²) >= 11 is 5.95. The van der Waals surface area contributed by atoms with E-state index >= 15 is 0 Å². The minimum atomic E-state index is -3.86. The van der Waals surface area contributed by atoms with Crippen molar-refractivity contribution in [1.29, 1.82) is 0 Å². The molecule has 0 N–H and O–H groups in total. The zero-order chi connectivity index (χ0) is 16.7. The maximum Gasteiger partial charge on any atom is 0.275 e. The second-order valence-corrected chi connectivity index (χ2v) is 7.73. The molecule has 1 aliphatic rings. The Kier molecular flexibility index (Phi) is 4.76. The van der Waals surface area contributed by atoms with Gasteiger partial charge in [0.15, 0.2) is 0 Å². The van der Waals surface area contributed by atoms with Crippen molar-refractivity contribution in [3.05, 3.63) is 32.8 Å². The average molecular weight is 349 g/mol. The molecule has 0 unspecified atom stereocenters. The predicted molar refractivity (Wildman–Crippen MR) is 81.6 cm³/mol. The highest BCUT2D eigenvalue weighted by Crippen LogP contribution is 2.31. The third-order valence-corrected chi connectivity index (χ3v) is 5.71. The number of benzene rings is 1. The average Bonchev–Trinajstić information content (AvgIpc) is 2.40. The molecule has 0 saturated carbocycles. The summed E-state index contributed by atoms with van der Waals surface area (Å²) in [6.45, 7) is 5.44. The second kappa shape index (κ2) is 6.11. The number of nitro benzene ring substituents is 1. The second-order valence-electron chi connectivity index (χ2n) is 5.39. The predicted octanol–water partition coefficient (Wildman–Crippen LogP) is 2.35. The van der Waals surface area contributed by atoms with Crippen LogP contribution in [-0.4, -0.2) is 42.9 Å². The van der Waals surface area contributed by atoms with Crippen molar-refractivity contribution in [3.63, 3.8) is 0 Å². The highest BCUT2D eigenvalue weighted by molar-refractivity contribution is 7.89. The summed E-state index contributed by atoms with van der Waals surface area (Å²) in [6.07, 6.45) is -0.483. The lowest BCUT2D eigenvalue weighted by Gasteiger charge is -2.34. The van der Waals surface area contributed by atoms with Gasteiger partial charge in [-0.3, -0.25) is 10.1 Å². The van der Waals surface area contributed by atoms with Crippen LogP contribution in [0.3, 0.4) is 0 Å². The number of hydrogen-bond donors (Lipinski definition) is 0. The summed E-state index contributed by atoms with van der Waals surface area (Å²) < 4.78 is 32.2. The van der Waals surface area contributed by atoms with E-state index in [-0.39, 0.29) is 46.5 Å². The Labute approximate surface area is 134 Å². The van der Waals surface area contributed by atoms with Crippen LogP contribution in [-0.2, 0) is 14.8 Å². The Morgan fingerprint density at radius 3 is 2.36 bits per heavy atom. The Hall–Kier alpha value is -1.22. The van der Waals surface area contributed by atoms with Gasteiger partial charge in [0.2, 0.25) is 10.0 Å². The van der Waals surface area contributed by atoms with Crippen LogP contribution >= 0.6 is 11.6 Å². The number of nitro groups is 1. The number of sulfonamides is 1. The summed E-state index contributed by atoms with van der Waals surface area (Å²) in [6, 6.07) is 2.31. The molecule has 9 heteroatoms. The first-order valence-electron chi connectivity index (χ1n) is 6.73. The smallest absolute Gasteiger partial charge is 0.275 e. The van der Waals surface area contributed by atoms with Gasteiger partial charge in [0, 0.05) is 24.7 Å². The van der Waals surface area contributed by atoms with Crippen molar-refractivity contribution >= 4 is 27.3 Å². The van der Waals surface area contributed by atoms with E-state index in [0.29, 0.717) is 0 Å². The molecule has 1 aromatic carbocycles. The fourth-order valence-corrected chi connectivity index (χ4v) is 4.37. The minimum absolute atomic E-state index is 0.0575. The molecule has 0 aliphatic carbocycles. The van der Waals surface area contributed by atoms with Crippen molar-refractivity contribution in [3.8, 4) is 0 Å². The molecule has 1 heterocycles. The largest absolute Gasteiger partial charge is 0.373 e. The number of halogens is 1. The van der Waals surface area contributed by atoms with E-state index in [2.05, 4.69) is 0 Å². The molecule has 1 fully saturated rings. The molecule has 122 valence electrons. The number of ether oxygens (including phenoxy) is 1. The minimum Gasteiger partial charge on any atom is -0.373 e. The highest BCUT2D eigenvalue weighted by Gasteiger charge is 2.33. The van der Waals surface area contributed by atoms with Gasteiger partial charge in [0.1, 0.15) is 0 Å². The lowest BCUT2D eigenvalue weighted by molar-refractivity contribution is -0.385. The molecule has 0 bridgehead atoms. The normalized spacial score (nSPS) is 23.5. The summed E-state index contributed by atoms with van der Waals surface area (Å²) in [7, 11) is -3.86. The first-order chi connectivity index (χ1) is 10.1. The van der Waals surface area contributed by atoms with Crippen molar-refractivity contribution in [1.82, 2.24) is 4.31 Å². The lowest BCUT2D eigenvalue weighted by atomic mass is 10.2. The number of morpholine rings is 1. The third kappa shape index (κ3) is 3.24. The molecule has 0 amide bonds. The monoisotopic (exact) mass is 348 g/mol. The molecule has 0 spiro atoms. The van der Waals surface area contributed by atoms with Crippen molar-refractivity contribution in [2.75, 3.05) is 13.1 Å². The molecule has 22 heavy (non-hydrogen) atoms. The Balaban J connectivity index is 2.48. The molecule has 2 rings (SSSR count). The summed E-state index contributed by atoms with van der Waals surface area (Å²) in [5, 5.41) is 11.1. The maximum absolute atomic E-state index is 12.7. The third-order valence-electron chi connectivity index (χ3n) is 3.51. The van der Waals surface area contributed by atoms with E-state index in [4.69, 9.17) is 16.3 Å². The maximum atomic E-state index is 12.7. The standard InChI is InChI=1S/C13H17ClN2O5S/c1-8-6-15(7-9(2)21-8)22(19,20)11-4-12(14)10(3)13(5-11)16(17)18/h4-5,8-9H,6-7H2,1-3H3/t8-,9-/m0/s1. The number of hydrogen-bond acceptors (Lipinski definition) is 5. The Bertz CT molecular complexity index is 697. The van der Waals surface area contributed by atoms with E-state index < -0.39 is 14.9 Å². The molecule has 0 radical (unpaired) electrons. The Morgan fingerprint density at radius 2 is 1.86 bits per heavy atom. The Morgan fingerprint density at radius 1 is 1.32 bits per heavy atom. The topological polar surface area (TPSA) is 89.8 Å². The van der Waals surface area contributed by atoms with E-state index in [0.717, 1.165) is 6.07 Å². The lowest BCUT2D eigenvalue weighted by Crippen LogP contribution is -2.48. The van der Waals surface area contributed by atoms with Crippen LogP contribution in [0.5, 0.6) is 0 Å². The zero-order valence-corrected chi connectivity index (χ0v) is 14.0. The molecule has 1 aliphatic heterocycles. The summed E-state index contributed by atoms with van der Waals surface area (Å²) in [5.74, 6) is 0. The first kappa shape index (κ1) is 17.1. The molecule has 0 aromatic heterocycles. The van der Waals surface area contributed by atoms with Gasteiger partial charge in [-0.15, -0.1) is 0 Å². The molecule has 2 atom stereocenters.